The van der Waals surface area contributed by atoms with Gasteiger partial charge in [-0.15, -0.1) is 5.10 Å². The van der Waals surface area contributed by atoms with E-state index in [9.17, 15) is 0 Å². The first kappa shape index (κ1) is 7.00. The molecule has 0 spiro atoms. The van der Waals surface area contributed by atoms with Crippen molar-refractivity contribution in [3.63, 3.8) is 0 Å². The third-order valence-electron chi connectivity index (χ3n) is 1.15. The van der Waals surface area contributed by atoms with E-state index in [0.29, 0.717) is 15.7 Å². The van der Waals surface area contributed by atoms with Crippen LogP contribution in [0.1, 0.15) is 0 Å². The molecule has 0 fully saturated rings. The Labute approximate surface area is 75.3 Å². The molecule has 0 bridgehead atoms. The minimum Gasteiger partial charge on any atom is -0.203 e. The van der Waals surface area contributed by atoms with Gasteiger partial charge in [0, 0.05) is 6.20 Å². The van der Waals surface area contributed by atoms with Gasteiger partial charge >= 0.3 is 0 Å². The van der Waals surface area contributed by atoms with Gasteiger partial charge in [0.1, 0.15) is 5.15 Å². The smallest absolute Gasteiger partial charge is 0.203 e. The number of hydrogen-bond acceptors (Lipinski definition) is 3. The fraction of sp³-hybridized carbons (Fsp3) is 0. The molecule has 0 aliphatic carbocycles. The molecular formula is C5H2BrClN4. The number of halogens is 2. The molecule has 11 heavy (non-hydrogen) atoms. The average molecular weight is 233 g/mol. The lowest BCUT2D eigenvalue weighted by atomic mass is 10.7. The van der Waals surface area contributed by atoms with Gasteiger partial charge in [0.25, 0.3) is 5.78 Å². The van der Waals surface area contributed by atoms with Crippen LogP contribution in [-0.4, -0.2) is 19.6 Å². The van der Waals surface area contributed by atoms with Crippen molar-refractivity contribution in [2.45, 2.75) is 0 Å². The summed E-state index contributed by atoms with van der Waals surface area (Å²) in [5, 5.41) is 4.37. The third-order valence-corrected chi connectivity index (χ3v) is 1.69. The van der Waals surface area contributed by atoms with Crippen LogP contribution >= 0.6 is 27.5 Å². The standard InChI is InChI=1S/C5H2BrClN4/c6-4-9-5-8-3(7)1-2-11(5)10-4/h1-2H. The normalized spacial score (nSPS) is 10.7. The first-order valence-corrected chi connectivity index (χ1v) is 3.97. The summed E-state index contributed by atoms with van der Waals surface area (Å²) >= 11 is 8.74. The van der Waals surface area contributed by atoms with Gasteiger partial charge in [0.05, 0.1) is 0 Å². The maximum Gasteiger partial charge on any atom is 0.254 e. The molecule has 0 N–H and O–H groups in total. The van der Waals surface area contributed by atoms with Crippen LogP contribution in [0.25, 0.3) is 5.78 Å². The molecule has 0 atom stereocenters. The molecule has 2 heterocycles. The first-order chi connectivity index (χ1) is 5.25. The quantitative estimate of drug-likeness (QED) is 0.648. The van der Waals surface area contributed by atoms with Crippen LogP contribution in [0.15, 0.2) is 17.0 Å². The fourth-order valence-corrected chi connectivity index (χ4v) is 1.19. The predicted molar refractivity (Wildman–Crippen MR) is 43.5 cm³/mol. The monoisotopic (exact) mass is 232 g/mol. The summed E-state index contributed by atoms with van der Waals surface area (Å²) < 4.78 is 2.04. The second kappa shape index (κ2) is 2.42. The van der Waals surface area contributed by atoms with Crippen LogP contribution in [0, 0.1) is 0 Å². The van der Waals surface area contributed by atoms with Crippen LogP contribution in [0.4, 0.5) is 0 Å². The van der Waals surface area contributed by atoms with E-state index < -0.39 is 0 Å². The number of hydrogen-bond donors (Lipinski definition) is 0. The predicted octanol–water partition coefficient (Wildman–Crippen LogP) is 1.54. The van der Waals surface area contributed by atoms with Gasteiger partial charge in [-0.05, 0) is 22.0 Å². The minimum atomic E-state index is 0.414. The van der Waals surface area contributed by atoms with Crippen molar-refractivity contribution >= 4 is 33.3 Å². The summed E-state index contributed by atoms with van der Waals surface area (Å²) in [7, 11) is 0. The van der Waals surface area contributed by atoms with Crippen molar-refractivity contribution in [3.8, 4) is 0 Å². The van der Waals surface area contributed by atoms with Crippen LogP contribution in [0.3, 0.4) is 0 Å². The van der Waals surface area contributed by atoms with Gasteiger partial charge in [-0.25, -0.2) is 4.52 Å². The van der Waals surface area contributed by atoms with E-state index in [2.05, 4.69) is 31.0 Å². The Morgan fingerprint density at radius 1 is 1.45 bits per heavy atom. The molecule has 6 heteroatoms. The highest BCUT2D eigenvalue weighted by Crippen LogP contribution is 2.07. The summed E-state index contributed by atoms with van der Waals surface area (Å²) in [5.41, 5.74) is 0. The molecule has 2 aromatic rings. The maximum absolute atomic E-state index is 5.62. The molecule has 0 unspecified atom stereocenters. The Kier molecular flexibility index (Phi) is 1.54. The molecule has 0 radical (unpaired) electrons. The van der Waals surface area contributed by atoms with E-state index in [4.69, 9.17) is 11.6 Å². The highest BCUT2D eigenvalue weighted by Gasteiger charge is 2.00. The highest BCUT2D eigenvalue weighted by molar-refractivity contribution is 9.10. The van der Waals surface area contributed by atoms with Crippen molar-refractivity contribution in [1.29, 1.82) is 0 Å². The average Bonchev–Trinajstić information content (AvgIpc) is 2.27. The Morgan fingerprint density at radius 2 is 2.27 bits per heavy atom. The Balaban J connectivity index is 2.82. The molecule has 4 nitrogen and oxygen atoms in total. The lowest BCUT2D eigenvalue weighted by Crippen LogP contribution is -1.88. The molecular weight excluding hydrogens is 231 g/mol. The van der Waals surface area contributed by atoms with E-state index in [0.717, 1.165) is 0 Å². The lowest BCUT2D eigenvalue weighted by molar-refractivity contribution is 0.927. The molecule has 56 valence electrons. The van der Waals surface area contributed by atoms with Gasteiger partial charge in [-0.2, -0.15) is 9.97 Å². The van der Waals surface area contributed by atoms with Crippen LogP contribution in [0.2, 0.25) is 5.15 Å². The van der Waals surface area contributed by atoms with E-state index in [-0.39, 0.29) is 0 Å². The summed E-state index contributed by atoms with van der Waals surface area (Å²) in [6, 6.07) is 1.65. The minimum absolute atomic E-state index is 0.414. The zero-order valence-electron chi connectivity index (χ0n) is 5.20. The largest absolute Gasteiger partial charge is 0.254 e. The van der Waals surface area contributed by atoms with Crippen LogP contribution in [-0.2, 0) is 0 Å². The topological polar surface area (TPSA) is 43.1 Å². The van der Waals surface area contributed by atoms with Crippen molar-refractivity contribution in [2.24, 2.45) is 0 Å². The second-order valence-corrected chi connectivity index (χ2v) is 2.97. The molecule has 0 saturated heterocycles. The van der Waals surface area contributed by atoms with Gasteiger partial charge < -0.3 is 0 Å². The van der Waals surface area contributed by atoms with Gasteiger partial charge in [0.15, 0.2) is 0 Å². The lowest BCUT2D eigenvalue weighted by Gasteiger charge is -1.88. The summed E-state index contributed by atoms with van der Waals surface area (Å²) in [4.78, 5) is 7.87. The Bertz CT molecular complexity index is 398. The Morgan fingerprint density at radius 3 is 3.09 bits per heavy atom. The van der Waals surface area contributed by atoms with E-state index >= 15 is 0 Å². The first-order valence-electron chi connectivity index (χ1n) is 2.80. The maximum atomic E-state index is 5.62. The molecule has 0 saturated carbocycles. The highest BCUT2D eigenvalue weighted by atomic mass is 79.9. The van der Waals surface area contributed by atoms with Crippen molar-refractivity contribution in [2.75, 3.05) is 0 Å². The molecule has 2 rings (SSSR count). The number of nitrogens with zero attached hydrogens (tertiary/aromatic N) is 4. The van der Waals surface area contributed by atoms with Gasteiger partial charge in [-0.1, -0.05) is 11.6 Å². The van der Waals surface area contributed by atoms with Crippen LogP contribution < -0.4 is 0 Å². The fourth-order valence-electron chi connectivity index (χ4n) is 0.731. The van der Waals surface area contributed by atoms with Gasteiger partial charge in [-0.3, -0.25) is 0 Å². The van der Waals surface area contributed by atoms with E-state index in [1.807, 2.05) is 0 Å². The number of rotatable bonds is 0. The van der Waals surface area contributed by atoms with Crippen molar-refractivity contribution in [3.05, 3.63) is 22.1 Å². The van der Waals surface area contributed by atoms with E-state index in [1.54, 1.807) is 12.3 Å². The van der Waals surface area contributed by atoms with Crippen LogP contribution in [0.5, 0.6) is 0 Å². The summed E-state index contributed by atoms with van der Waals surface area (Å²) in [6.45, 7) is 0. The Hall–Kier alpha value is -0.680. The number of aromatic nitrogens is 4. The zero-order valence-corrected chi connectivity index (χ0v) is 7.54. The third kappa shape index (κ3) is 1.21. The zero-order chi connectivity index (χ0) is 7.84. The number of fused-ring (bicyclic) bond motifs is 1. The van der Waals surface area contributed by atoms with Crippen molar-refractivity contribution in [1.82, 2.24) is 19.6 Å². The summed E-state index contributed by atoms with van der Waals surface area (Å²) in [6.07, 6.45) is 1.70. The van der Waals surface area contributed by atoms with Gasteiger partial charge in [0.2, 0.25) is 4.73 Å². The molecule has 0 aliphatic heterocycles. The molecule has 2 aromatic heterocycles. The second-order valence-electron chi connectivity index (χ2n) is 1.88. The molecule has 0 aromatic carbocycles. The summed E-state index contributed by atoms with van der Waals surface area (Å²) in [5.74, 6) is 0.490. The molecule has 0 aliphatic rings. The molecule has 0 amide bonds. The SMILES string of the molecule is Clc1ccn2nc(Br)nc2n1. The van der Waals surface area contributed by atoms with Crippen molar-refractivity contribution < 1.29 is 0 Å². The van der Waals surface area contributed by atoms with E-state index in [1.165, 1.54) is 4.52 Å².